The van der Waals surface area contributed by atoms with Gasteiger partial charge < -0.3 is 15.3 Å². The lowest BCUT2D eigenvalue weighted by Crippen LogP contribution is -2.35. The number of aryl methyl sites for hydroxylation is 1. The van der Waals surface area contributed by atoms with Gasteiger partial charge in [0.15, 0.2) is 0 Å². The minimum Gasteiger partial charge on any atom is -0.394 e. The first-order valence-corrected chi connectivity index (χ1v) is 12.5. The van der Waals surface area contributed by atoms with Crippen molar-refractivity contribution in [3.05, 3.63) is 40.5 Å². The Morgan fingerprint density at radius 1 is 1.27 bits per heavy atom. The van der Waals surface area contributed by atoms with E-state index in [2.05, 4.69) is 29.3 Å². The molecule has 0 saturated carbocycles. The maximum absolute atomic E-state index is 12.5. The Morgan fingerprint density at radius 3 is 2.67 bits per heavy atom. The van der Waals surface area contributed by atoms with E-state index in [-0.39, 0.29) is 12.6 Å². The van der Waals surface area contributed by atoms with Crippen LogP contribution in [0.3, 0.4) is 0 Å². The molecule has 1 aromatic carbocycles. The Morgan fingerprint density at radius 2 is 2.00 bits per heavy atom. The number of rotatable bonds is 7. The molecule has 3 heterocycles. The molecule has 2 N–H and O–H groups in total. The van der Waals surface area contributed by atoms with E-state index in [4.69, 9.17) is 21.6 Å². The largest absolute Gasteiger partial charge is 0.394 e. The molecule has 2 aromatic rings. The summed E-state index contributed by atoms with van der Waals surface area (Å²) in [5, 5.41) is 13.8. The first kappa shape index (κ1) is 21.5. The maximum atomic E-state index is 12.5. The van der Waals surface area contributed by atoms with Crippen LogP contribution >= 0.6 is 11.6 Å². The van der Waals surface area contributed by atoms with Gasteiger partial charge in [-0.25, -0.2) is 4.98 Å². The minimum atomic E-state index is -1.08. The first-order chi connectivity index (χ1) is 14.6. The lowest BCUT2D eigenvalue weighted by Gasteiger charge is -2.33. The van der Waals surface area contributed by atoms with E-state index in [9.17, 15) is 9.32 Å². The van der Waals surface area contributed by atoms with Crippen LogP contribution in [0.2, 0.25) is 5.02 Å². The second kappa shape index (κ2) is 9.62. The molecular weight excluding hydrogens is 420 g/mol. The Bertz CT molecular complexity index is 901. The summed E-state index contributed by atoms with van der Waals surface area (Å²) in [4.78, 5) is 12.5. The topological polar surface area (TPSA) is 78.3 Å². The highest BCUT2D eigenvalue weighted by molar-refractivity contribution is 7.85. The summed E-state index contributed by atoms with van der Waals surface area (Å²) in [7, 11) is -1.08. The predicted molar refractivity (Wildman–Crippen MR) is 122 cm³/mol. The van der Waals surface area contributed by atoms with Crippen molar-refractivity contribution in [3.8, 4) is 0 Å². The number of hydrogen-bond acceptors (Lipinski definition) is 6. The molecule has 2 aliphatic rings. The molecule has 0 amide bonds. The van der Waals surface area contributed by atoms with E-state index in [0.29, 0.717) is 29.9 Å². The second-order valence-electron chi connectivity index (χ2n) is 8.07. The number of anilines is 2. The van der Waals surface area contributed by atoms with E-state index in [0.717, 1.165) is 54.4 Å². The van der Waals surface area contributed by atoms with Gasteiger partial charge in [0.2, 0.25) is 5.95 Å². The van der Waals surface area contributed by atoms with Crippen LogP contribution in [0.25, 0.3) is 0 Å². The zero-order valence-electron chi connectivity index (χ0n) is 17.3. The Labute approximate surface area is 185 Å². The number of aliphatic hydroxyl groups excluding tert-OH is 1. The lowest BCUT2D eigenvalue weighted by atomic mass is 9.89. The van der Waals surface area contributed by atoms with Crippen LogP contribution in [0.15, 0.2) is 29.2 Å². The van der Waals surface area contributed by atoms with Gasteiger partial charge in [0.25, 0.3) is 0 Å². The molecule has 30 heavy (non-hydrogen) atoms. The van der Waals surface area contributed by atoms with Crippen LogP contribution in [0.5, 0.6) is 0 Å². The predicted octanol–water partition coefficient (Wildman–Crippen LogP) is 3.75. The van der Waals surface area contributed by atoms with Gasteiger partial charge in [0.05, 0.1) is 29.1 Å². The Balaban J connectivity index is 1.52. The summed E-state index contributed by atoms with van der Waals surface area (Å²) in [6.45, 7) is 3.88. The van der Waals surface area contributed by atoms with Gasteiger partial charge in [0, 0.05) is 30.3 Å². The summed E-state index contributed by atoms with van der Waals surface area (Å²) in [5.74, 6) is 2.45. The SMILES string of the molecule is CCCC(CO)Nc1nc(N2CCC(c3ccc(Cl)cc3)CC2)nc2c1S(=O)CC2. The standard InChI is InChI=1S/C22H29ClN4O2S/c1-2-3-18(14-28)24-21-20-19(10-13-30(20)29)25-22(26-21)27-11-8-16(9-12-27)15-4-6-17(23)7-5-15/h4-7,16,18,28H,2-3,8-14H2,1H3,(H,24,25,26). The van der Waals surface area contributed by atoms with Gasteiger partial charge in [-0.2, -0.15) is 4.98 Å². The van der Waals surface area contributed by atoms with Gasteiger partial charge in [-0.1, -0.05) is 37.1 Å². The highest BCUT2D eigenvalue weighted by Crippen LogP contribution is 2.34. The van der Waals surface area contributed by atoms with Crippen LogP contribution in [0.1, 0.15) is 49.8 Å². The molecule has 0 bridgehead atoms. The maximum Gasteiger partial charge on any atom is 0.227 e. The van der Waals surface area contributed by atoms with Crippen molar-refractivity contribution in [3.63, 3.8) is 0 Å². The number of hydrogen-bond donors (Lipinski definition) is 2. The Kier molecular flexibility index (Phi) is 6.91. The number of aromatic nitrogens is 2. The van der Waals surface area contributed by atoms with Gasteiger partial charge in [0.1, 0.15) is 10.7 Å². The number of benzene rings is 1. The fourth-order valence-corrected chi connectivity index (χ4v) is 5.76. The van der Waals surface area contributed by atoms with Crippen molar-refractivity contribution in [1.82, 2.24) is 9.97 Å². The van der Waals surface area contributed by atoms with Crippen molar-refractivity contribution >= 4 is 34.2 Å². The van der Waals surface area contributed by atoms with Gasteiger partial charge >= 0.3 is 0 Å². The number of halogens is 1. The van der Waals surface area contributed by atoms with E-state index >= 15 is 0 Å². The summed E-state index contributed by atoms with van der Waals surface area (Å²) in [6, 6.07) is 8.07. The molecule has 1 fully saturated rings. The molecule has 8 heteroatoms. The molecule has 1 saturated heterocycles. The van der Waals surface area contributed by atoms with Crippen LogP contribution in [-0.2, 0) is 17.2 Å². The van der Waals surface area contributed by atoms with Gasteiger partial charge in [-0.05, 0) is 42.9 Å². The van der Waals surface area contributed by atoms with E-state index in [1.54, 1.807) is 0 Å². The second-order valence-corrected chi connectivity index (χ2v) is 10.0. The molecule has 1 aromatic heterocycles. The Hall–Kier alpha value is -1.70. The highest BCUT2D eigenvalue weighted by atomic mass is 35.5. The first-order valence-electron chi connectivity index (χ1n) is 10.8. The molecule has 4 rings (SSSR count). The van der Waals surface area contributed by atoms with E-state index in [1.807, 2.05) is 12.1 Å². The van der Waals surface area contributed by atoms with Crippen LogP contribution in [0.4, 0.5) is 11.8 Å². The summed E-state index contributed by atoms with van der Waals surface area (Å²) < 4.78 is 12.5. The number of fused-ring (bicyclic) bond motifs is 1. The van der Waals surface area contributed by atoms with Gasteiger partial charge in [-0.15, -0.1) is 0 Å². The monoisotopic (exact) mass is 448 g/mol. The number of nitrogens with one attached hydrogen (secondary N) is 1. The molecule has 0 spiro atoms. The molecular formula is C22H29ClN4O2S. The fraction of sp³-hybridized carbons (Fsp3) is 0.545. The molecule has 0 radical (unpaired) electrons. The summed E-state index contributed by atoms with van der Waals surface area (Å²) >= 11 is 6.02. The molecule has 6 nitrogen and oxygen atoms in total. The fourth-order valence-electron chi connectivity index (χ4n) is 4.32. The van der Waals surface area contributed by atoms with Gasteiger partial charge in [-0.3, -0.25) is 4.21 Å². The van der Waals surface area contributed by atoms with Crippen LogP contribution in [-0.4, -0.2) is 50.8 Å². The third-order valence-corrected chi connectivity index (χ3v) is 7.70. The van der Waals surface area contributed by atoms with Crippen molar-refractivity contribution < 1.29 is 9.32 Å². The van der Waals surface area contributed by atoms with Crippen LogP contribution < -0.4 is 10.2 Å². The lowest BCUT2D eigenvalue weighted by molar-refractivity contribution is 0.268. The average Bonchev–Trinajstić information content (AvgIpc) is 3.15. The number of nitrogens with zero attached hydrogens (tertiary/aromatic N) is 3. The normalized spacial score (nSPS) is 20.2. The molecule has 2 atom stereocenters. The molecule has 2 aliphatic heterocycles. The quantitative estimate of drug-likeness (QED) is 0.671. The zero-order valence-corrected chi connectivity index (χ0v) is 18.9. The molecule has 162 valence electrons. The van der Waals surface area contributed by atoms with Crippen LogP contribution in [0, 0.1) is 0 Å². The summed E-state index contributed by atoms with van der Waals surface area (Å²) in [5.41, 5.74) is 2.21. The van der Waals surface area contributed by atoms with E-state index < -0.39 is 10.8 Å². The third-order valence-electron chi connectivity index (χ3n) is 5.99. The van der Waals surface area contributed by atoms with Crippen molar-refractivity contribution in [2.24, 2.45) is 0 Å². The smallest absolute Gasteiger partial charge is 0.227 e. The minimum absolute atomic E-state index is 0.0288. The highest BCUT2D eigenvalue weighted by Gasteiger charge is 2.29. The number of aliphatic hydroxyl groups is 1. The van der Waals surface area contributed by atoms with E-state index in [1.165, 1.54) is 5.56 Å². The van der Waals surface area contributed by atoms with Crippen molar-refractivity contribution in [2.75, 3.05) is 35.7 Å². The van der Waals surface area contributed by atoms with Crippen molar-refractivity contribution in [1.29, 1.82) is 0 Å². The zero-order chi connectivity index (χ0) is 21.1. The third kappa shape index (κ3) is 4.63. The number of piperidine rings is 1. The average molecular weight is 449 g/mol. The van der Waals surface area contributed by atoms with Crippen molar-refractivity contribution in [2.45, 2.75) is 55.9 Å². The molecule has 2 unspecified atom stereocenters. The molecule has 0 aliphatic carbocycles. The summed E-state index contributed by atoms with van der Waals surface area (Å²) in [6.07, 6.45) is 4.58.